The number of rotatable bonds is 5. The summed E-state index contributed by atoms with van der Waals surface area (Å²) in [5.74, 6) is -1.19. The number of nitrogens with one attached hydrogen (secondary N) is 2. The smallest absolute Gasteiger partial charge is 0.329 e. The lowest BCUT2D eigenvalue weighted by atomic mass is 9.90. The zero-order valence-corrected chi connectivity index (χ0v) is 11.9. The molecule has 1 aliphatic heterocycles. The highest BCUT2D eigenvalue weighted by molar-refractivity contribution is 5.93. The van der Waals surface area contributed by atoms with E-state index >= 15 is 0 Å². The molecule has 1 aliphatic rings. The predicted octanol–water partition coefficient (Wildman–Crippen LogP) is 0.877. The number of carboxylic acid groups (broad SMARTS) is 1. The van der Waals surface area contributed by atoms with Crippen LogP contribution < -0.4 is 10.6 Å². The van der Waals surface area contributed by atoms with Crippen LogP contribution in [0.25, 0.3) is 0 Å². The molecule has 0 radical (unpaired) electrons. The quantitative estimate of drug-likeness (QED) is 0.745. The van der Waals surface area contributed by atoms with Gasteiger partial charge >= 0.3 is 5.97 Å². The van der Waals surface area contributed by atoms with Gasteiger partial charge in [0.2, 0.25) is 0 Å². The van der Waals surface area contributed by atoms with Crippen LogP contribution in [-0.4, -0.2) is 47.3 Å². The van der Waals surface area contributed by atoms with Gasteiger partial charge in [-0.1, -0.05) is 0 Å². The van der Waals surface area contributed by atoms with E-state index in [0.717, 1.165) is 0 Å². The minimum atomic E-state index is -1.06. The molecular weight excluding hydrogens is 274 g/mol. The first kappa shape index (κ1) is 15.2. The van der Waals surface area contributed by atoms with Gasteiger partial charge in [-0.05, 0) is 19.1 Å². The highest BCUT2D eigenvalue weighted by atomic mass is 16.5. The largest absolute Gasteiger partial charge is 0.480 e. The number of hydrogen-bond acceptors (Lipinski definition) is 5. The molecule has 21 heavy (non-hydrogen) atoms. The Morgan fingerprint density at radius 1 is 1.43 bits per heavy atom. The average molecular weight is 293 g/mol. The normalized spacial score (nSPS) is 17.0. The van der Waals surface area contributed by atoms with Crippen LogP contribution in [0.15, 0.2) is 18.3 Å². The number of carbonyl (C=O) groups is 2. The van der Waals surface area contributed by atoms with Crippen LogP contribution >= 0.6 is 0 Å². The van der Waals surface area contributed by atoms with Crippen LogP contribution in [-0.2, 0) is 9.53 Å². The summed E-state index contributed by atoms with van der Waals surface area (Å²) in [7, 11) is 0. The molecule has 0 bridgehead atoms. The van der Waals surface area contributed by atoms with Crippen molar-refractivity contribution in [2.75, 3.05) is 25.1 Å². The molecule has 1 amide bonds. The van der Waals surface area contributed by atoms with Gasteiger partial charge in [0, 0.05) is 44.5 Å². The number of aromatic nitrogens is 1. The van der Waals surface area contributed by atoms with Crippen molar-refractivity contribution in [1.82, 2.24) is 10.3 Å². The van der Waals surface area contributed by atoms with Crippen LogP contribution in [0.1, 0.15) is 30.3 Å². The second-order valence-electron chi connectivity index (χ2n) is 4.91. The zero-order chi connectivity index (χ0) is 15.3. The summed E-state index contributed by atoms with van der Waals surface area (Å²) in [6.07, 6.45) is 2.24. The lowest BCUT2D eigenvalue weighted by Gasteiger charge is -2.34. The fraction of sp³-hybridized carbons (Fsp3) is 0.500. The van der Waals surface area contributed by atoms with Crippen molar-refractivity contribution in [1.29, 1.82) is 0 Å². The second kappa shape index (κ2) is 6.53. The van der Waals surface area contributed by atoms with Gasteiger partial charge in [0.15, 0.2) is 0 Å². The summed E-state index contributed by atoms with van der Waals surface area (Å²) in [6.45, 7) is 3.12. The topological polar surface area (TPSA) is 101 Å². The van der Waals surface area contributed by atoms with Crippen LogP contribution in [0.3, 0.4) is 0 Å². The van der Waals surface area contributed by atoms with Gasteiger partial charge in [-0.2, -0.15) is 0 Å². The Bertz CT molecular complexity index is 527. The van der Waals surface area contributed by atoms with Gasteiger partial charge in [-0.15, -0.1) is 0 Å². The van der Waals surface area contributed by atoms with Crippen molar-refractivity contribution < 1.29 is 19.4 Å². The minimum Gasteiger partial charge on any atom is -0.480 e. The molecule has 1 aromatic rings. The fourth-order valence-corrected chi connectivity index (χ4v) is 2.27. The SMILES string of the molecule is CCNC(=O)c1cc(NC2(C(=O)O)CCOCC2)ccn1. The Kier molecular flexibility index (Phi) is 4.74. The van der Waals surface area contributed by atoms with E-state index < -0.39 is 11.5 Å². The Morgan fingerprint density at radius 2 is 2.14 bits per heavy atom. The third-order valence-electron chi connectivity index (χ3n) is 3.47. The molecule has 0 unspecified atom stereocenters. The molecule has 3 N–H and O–H groups in total. The summed E-state index contributed by atoms with van der Waals surface area (Å²) in [5.41, 5.74) is -0.233. The van der Waals surface area contributed by atoms with E-state index in [0.29, 0.717) is 38.3 Å². The maximum atomic E-state index is 11.8. The van der Waals surface area contributed by atoms with Gasteiger partial charge in [-0.25, -0.2) is 4.79 Å². The molecule has 7 heteroatoms. The third kappa shape index (κ3) is 3.49. The summed E-state index contributed by atoms with van der Waals surface area (Å²) < 4.78 is 5.23. The van der Waals surface area contributed by atoms with Crippen molar-refractivity contribution in [2.45, 2.75) is 25.3 Å². The maximum absolute atomic E-state index is 11.8. The van der Waals surface area contributed by atoms with E-state index in [4.69, 9.17) is 4.74 Å². The molecular formula is C14H19N3O4. The standard InChI is InChI=1S/C14H19N3O4/c1-2-15-12(18)11-9-10(3-6-16-11)17-14(13(19)20)4-7-21-8-5-14/h3,6,9H,2,4-5,7-8H2,1H3,(H,15,18)(H,16,17)(H,19,20). The summed E-state index contributed by atoms with van der Waals surface area (Å²) in [5, 5.41) is 15.2. The van der Waals surface area contributed by atoms with Gasteiger partial charge in [0.05, 0.1) is 0 Å². The van der Waals surface area contributed by atoms with Crippen molar-refractivity contribution in [3.63, 3.8) is 0 Å². The van der Waals surface area contributed by atoms with Crippen LogP contribution in [0, 0.1) is 0 Å². The van der Waals surface area contributed by atoms with Gasteiger partial charge in [0.1, 0.15) is 11.2 Å². The zero-order valence-electron chi connectivity index (χ0n) is 11.9. The van der Waals surface area contributed by atoms with E-state index in [1.54, 1.807) is 12.1 Å². The van der Waals surface area contributed by atoms with Gasteiger partial charge in [-0.3, -0.25) is 9.78 Å². The van der Waals surface area contributed by atoms with Gasteiger partial charge in [0.25, 0.3) is 5.91 Å². The van der Waals surface area contributed by atoms with E-state index in [1.165, 1.54) is 6.20 Å². The molecule has 2 heterocycles. The molecule has 2 rings (SSSR count). The Morgan fingerprint density at radius 3 is 2.76 bits per heavy atom. The van der Waals surface area contributed by atoms with Crippen molar-refractivity contribution in [2.24, 2.45) is 0 Å². The number of amides is 1. The Labute approximate surface area is 122 Å². The lowest BCUT2D eigenvalue weighted by Crippen LogP contribution is -2.50. The predicted molar refractivity (Wildman–Crippen MR) is 76.3 cm³/mol. The van der Waals surface area contributed by atoms with E-state index in [2.05, 4.69) is 15.6 Å². The molecule has 0 spiro atoms. The molecule has 1 aromatic heterocycles. The molecule has 0 saturated carbocycles. The maximum Gasteiger partial charge on any atom is 0.329 e. The number of aliphatic carboxylic acids is 1. The van der Waals surface area contributed by atoms with E-state index in [1.807, 2.05) is 6.92 Å². The number of carboxylic acids is 1. The molecule has 0 aliphatic carbocycles. The lowest BCUT2D eigenvalue weighted by molar-refractivity contribution is -0.145. The number of carbonyl (C=O) groups excluding carboxylic acids is 1. The number of pyridine rings is 1. The minimum absolute atomic E-state index is 0.259. The van der Waals surface area contributed by atoms with E-state index in [9.17, 15) is 14.7 Å². The number of nitrogens with zero attached hydrogens (tertiary/aromatic N) is 1. The highest BCUT2D eigenvalue weighted by Gasteiger charge is 2.40. The monoisotopic (exact) mass is 293 g/mol. The Hall–Kier alpha value is -2.15. The van der Waals surface area contributed by atoms with Crippen LogP contribution in [0.4, 0.5) is 5.69 Å². The first-order chi connectivity index (χ1) is 10.1. The average Bonchev–Trinajstić information content (AvgIpc) is 2.48. The van der Waals surface area contributed by atoms with Crippen LogP contribution in [0.2, 0.25) is 0 Å². The number of anilines is 1. The molecule has 0 aromatic carbocycles. The summed E-state index contributed by atoms with van der Waals surface area (Å²) >= 11 is 0. The third-order valence-corrected chi connectivity index (χ3v) is 3.47. The van der Waals surface area contributed by atoms with Crippen LogP contribution in [0.5, 0.6) is 0 Å². The molecule has 1 saturated heterocycles. The van der Waals surface area contributed by atoms with Gasteiger partial charge < -0.3 is 20.5 Å². The number of hydrogen-bond donors (Lipinski definition) is 3. The van der Waals surface area contributed by atoms with E-state index in [-0.39, 0.29) is 11.6 Å². The first-order valence-corrected chi connectivity index (χ1v) is 6.91. The molecule has 1 fully saturated rings. The fourth-order valence-electron chi connectivity index (χ4n) is 2.27. The Balaban J connectivity index is 2.19. The van der Waals surface area contributed by atoms with Crippen molar-refractivity contribution in [3.05, 3.63) is 24.0 Å². The van der Waals surface area contributed by atoms with Crippen molar-refractivity contribution in [3.8, 4) is 0 Å². The molecule has 114 valence electrons. The molecule has 7 nitrogen and oxygen atoms in total. The number of ether oxygens (including phenoxy) is 1. The summed E-state index contributed by atoms with van der Waals surface area (Å²) in [6, 6.07) is 3.22. The van der Waals surface area contributed by atoms with Crippen molar-refractivity contribution >= 4 is 17.6 Å². The first-order valence-electron chi connectivity index (χ1n) is 6.91. The molecule has 0 atom stereocenters. The highest BCUT2D eigenvalue weighted by Crippen LogP contribution is 2.26. The second-order valence-corrected chi connectivity index (χ2v) is 4.91. The summed E-state index contributed by atoms with van der Waals surface area (Å²) in [4.78, 5) is 27.3.